The fraction of sp³-hybridized carbons (Fsp3) is 0.0667. The number of azo groups is 1. The summed E-state index contributed by atoms with van der Waals surface area (Å²) in [5.41, 5.74) is 6.29. The number of amides is 2. The van der Waals surface area contributed by atoms with E-state index in [4.69, 9.17) is 10.5 Å². The molecule has 112 valence electrons. The molecule has 2 aromatic rings. The summed E-state index contributed by atoms with van der Waals surface area (Å²) in [5.74, 6) is 0.557. The monoisotopic (exact) mass is 298 g/mol. The van der Waals surface area contributed by atoms with Crippen LogP contribution in [0.5, 0.6) is 11.5 Å². The Morgan fingerprint density at radius 1 is 1.23 bits per heavy atom. The molecule has 0 aromatic heterocycles. The fourth-order valence-corrected chi connectivity index (χ4v) is 1.66. The molecule has 0 aliphatic rings. The molecule has 0 heterocycles. The maximum Gasteiger partial charge on any atom is 0.338 e. The molecule has 0 fully saturated rings. The summed E-state index contributed by atoms with van der Waals surface area (Å²) in [7, 11) is 1.55. The summed E-state index contributed by atoms with van der Waals surface area (Å²) in [5, 5.41) is 17.8. The maximum absolute atomic E-state index is 10.6. The van der Waals surface area contributed by atoms with Crippen LogP contribution in [0.4, 0.5) is 16.2 Å². The topological polar surface area (TPSA) is 110 Å². The smallest absolute Gasteiger partial charge is 0.338 e. The van der Waals surface area contributed by atoms with Gasteiger partial charge in [0.25, 0.3) is 0 Å². The van der Waals surface area contributed by atoms with Gasteiger partial charge in [-0.05, 0) is 30.3 Å². The van der Waals surface area contributed by atoms with E-state index >= 15 is 0 Å². The minimum atomic E-state index is -0.847. The van der Waals surface area contributed by atoms with E-state index in [1.54, 1.807) is 25.3 Å². The van der Waals surface area contributed by atoms with Gasteiger partial charge in [0.15, 0.2) is 0 Å². The van der Waals surface area contributed by atoms with Crippen molar-refractivity contribution in [2.24, 2.45) is 21.0 Å². The minimum Gasteiger partial charge on any atom is -0.507 e. The number of phenolic OH excluding ortho intramolecular Hbond substituents is 1. The lowest BCUT2D eigenvalue weighted by atomic mass is 10.2. The van der Waals surface area contributed by atoms with Crippen LogP contribution < -0.4 is 10.5 Å². The first-order valence-corrected chi connectivity index (χ1v) is 6.31. The normalized spacial score (nSPS) is 11.1. The summed E-state index contributed by atoms with van der Waals surface area (Å²) in [6, 6.07) is 10.9. The van der Waals surface area contributed by atoms with Crippen molar-refractivity contribution >= 4 is 23.6 Å². The van der Waals surface area contributed by atoms with E-state index in [0.717, 1.165) is 0 Å². The second-order valence-electron chi connectivity index (χ2n) is 4.21. The fourth-order valence-electron chi connectivity index (χ4n) is 1.66. The Morgan fingerprint density at radius 2 is 2.00 bits per heavy atom. The van der Waals surface area contributed by atoms with Crippen LogP contribution >= 0.6 is 0 Å². The highest BCUT2D eigenvalue weighted by Crippen LogP contribution is 2.29. The van der Waals surface area contributed by atoms with Gasteiger partial charge in [-0.15, -0.1) is 5.11 Å². The molecule has 0 saturated heterocycles. The van der Waals surface area contributed by atoms with Crippen LogP contribution in [0.15, 0.2) is 57.7 Å². The van der Waals surface area contributed by atoms with Gasteiger partial charge < -0.3 is 15.6 Å². The largest absolute Gasteiger partial charge is 0.507 e. The molecule has 0 radical (unpaired) electrons. The Hall–Kier alpha value is -3.22. The molecule has 22 heavy (non-hydrogen) atoms. The van der Waals surface area contributed by atoms with Crippen molar-refractivity contribution in [2.45, 2.75) is 0 Å². The first-order valence-electron chi connectivity index (χ1n) is 6.31. The Kier molecular flexibility index (Phi) is 4.81. The third kappa shape index (κ3) is 3.89. The molecule has 0 atom stereocenters. The molecule has 2 amide bonds. The second-order valence-corrected chi connectivity index (χ2v) is 4.21. The highest BCUT2D eigenvalue weighted by Gasteiger charge is 2.02. The van der Waals surface area contributed by atoms with Crippen molar-refractivity contribution in [1.29, 1.82) is 0 Å². The lowest BCUT2D eigenvalue weighted by molar-refractivity contribution is 0.257. The summed E-state index contributed by atoms with van der Waals surface area (Å²) >= 11 is 0. The number of carbonyl (C=O) groups is 1. The predicted molar refractivity (Wildman–Crippen MR) is 82.5 cm³/mol. The number of primary amides is 1. The quantitative estimate of drug-likeness (QED) is 0.667. The molecule has 0 aliphatic heterocycles. The molecule has 0 unspecified atom stereocenters. The number of rotatable bonds is 4. The first-order chi connectivity index (χ1) is 10.6. The van der Waals surface area contributed by atoms with Crippen molar-refractivity contribution in [3.05, 3.63) is 48.0 Å². The third-order valence-corrected chi connectivity index (χ3v) is 2.70. The van der Waals surface area contributed by atoms with Crippen LogP contribution in [0, 0.1) is 0 Å². The lowest BCUT2D eigenvalue weighted by Gasteiger charge is -2.02. The number of carbonyl (C=O) groups excluding carboxylic acids is 1. The summed E-state index contributed by atoms with van der Waals surface area (Å²) in [4.78, 5) is 14.0. The number of nitrogens with two attached hydrogens (primary N) is 1. The Bertz CT molecular complexity index is 741. The molecule has 0 aliphatic carbocycles. The van der Waals surface area contributed by atoms with Crippen molar-refractivity contribution < 1.29 is 14.6 Å². The highest BCUT2D eigenvalue weighted by molar-refractivity contribution is 5.92. The number of aromatic hydroxyl groups is 1. The van der Waals surface area contributed by atoms with Crippen molar-refractivity contribution in [1.82, 2.24) is 0 Å². The van der Waals surface area contributed by atoms with Crippen LogP contribution in [-0.2, 0) is 0 Å². The number of benzene rings is 2. The number of para-hydroxylation sites is 1. The lowest BCUT2D eigenvalue weighted by Crippen LogP contribution is -2.04. The molecular weight excluding hydrogens is 284 g/mol. The average molecular weight is 298 g/mol. The average Bonchev–Trinajstić information content (AvgIpc) is 2.53. The second kappa shape index (κ2) is 6.98. The molecular formula is C15H14N4O3. The van der Waals surface area contributed by atoms with Crippen LogP contribution in [0.3, 0.4) is 0 Å². The van der Waals surface area contributed by atoms with Gasteiger partial charge >= 0.3 is 6.03 Å². The molecule has 0 bridgehead atoms. The summed E-state index contributed by atoms with van der Waals surface area (Å²) in [6.45, 7) is 0. The summed E-state index contributed by atoms with van der Waals surface area (Å²) in [6.07, 6.45) is 1.17. The number of phenols is 1. The molecule has 2 aromatic carbocycles. The van der Waals surface area contributed by atoms with E-state index in [0.29, 0.717) is 22.7 Å². The number of nitrogens with zero attached hydrogens (tertiary/aromatic N) is 3. The molecule has 2 rings (SSSR count). The predicted octanol–water partition coefficient (Wildman–Crippen LogP) is 3.31. The molecule has 0 spiro atoms. The van der Waals surface area contributed by atoms with E-state index < -0.39 is 6.03 Å². The molecule has 3 N–H and O–H groups in total. The highest BCUT2D eigenvalue weighted by atomic mass is 16.5. The van der Waals surface area contributed by atoms with Crippen molar-refractivity contribution in [3.8, 4) is 11.5 Å². The van der Waals surface area contributed by atoms with Crippen LogP contribution in [0.25, 0.3) is 0 Å². The first kappa shape index (κ1) is 15.2. The Morgan fingerprint density at radius 3 is 2.73 bits per heavy atom. The summed E-state index contributed by atoms with van der Waals surface area (Å²) < 4.78 is 5.18. The van der Waals surface area contributed by atoms with Crippen molar-refractivity contribution in [2.75, 3.05) is 7.11 Å². The van der Waals surface area contributed by atoms with Gasteiger partial charge in [0, 0.05) is 11.8 Å². The van der Waals surface area contributed by atoms with E-state index in [2.05, 4.69) is 15.2 Å². The van der Waals surface area contributed by atoms with Gasteiger partial charge in [-0.3, -0.25) is 0 Å². The number of methoxy groups -OCH3 is 1. The SMILES string of the molecule is COc1ccccc1N=Nc1ccc(O)c(/C=N/C(N)=O)c1. The Labute approximate surface area is 126 Å². The van der Waals surface area contributed by atoms with Crippen LogP contribution in [0.2, 0.25) is 0 Å². The van der Waals surface area contributed by atoms with Gasteiger partial charge in [0.1, 0.15) is 17.2 Å². The van der Waals surface area contributed by atoms with E-state index in [1.165, 1.54) is 18.3 Å². The van der Waals surface area contributed by atoms with Gasteiger partial charge in [0.05, 0.1) is 12.8 Å². The third-order valence-electron chi connectivity index (χ3n) is 2.70. The number of urea groups is 1. The minimum absolute atomic E-state index is 0.0405. The van der Waals surface area contributed by atoms with Gasteiger partial charge in [0.2, 0.25) is 0 Å². The van der Waals surface area contributed by atoms with Crippen LogP contribution in [-0.4, -0.2) is 24.5 Å². The zero-order valence-electron chi connectivity index (χ0n) is 11.8. The van der Waals surface area contributed by atoms with Crippen LogP contribution in [0.1, 0.15) is 5.56 Å². The zero-order valence-corrected chi connectivity index (χ0v) is 11.8. The van der Waals surface area contributed by atoms with Gasteiger partial charge in [-0.2, -0.15) is 5.11 Å². The zero-order chi connectivity index (χ0) is 15.9. The molecule has 0 saturated carbocycles. The van der Waals surface area contributed by atoms with E-state index in [-0.39, 0.29) is 5.75 Å². The van der Waals surface area contributed by atoms with E-state index in [1.807, 2.05) is 12.1 Å². The van der Waals surface area contributed by atoms with Crippen molar-refractivity contribution in [3.63, 3.8) is 0 Å². The van der Waals surface area contributed by atoms with E-state index in [9.17, 15) is 9.90 Å². The number of ether oxygens (including phenoxy) is 1. The maximum atomic E-state index is 10.6. The van der Waals surface area contributed by atoms with Gasteiger partial charge in [-0.1, -0.05) is 12.1 Å². The molecule has 7 nitrogen and oxygen atoms in total. The molecule has 7 heteroatoms. The number of hydrogen-bond donors (Lipinski definition) is 2. The standard InChI is InChI=1S/C15H14N4O3/c1-22-14-5-3-2-4-12(14)19-18-11-6-7-13(20)10(8-11)9-17-15(16)21/h2-9,20H,1H3,(H2,16,21)/b17-9+,19-18?. The Balaban J connectivity index is 2.28. The van der Waals surface area contributed by atoms with Gasteiger partial charge in [-0.25, -0.2) is 9.79 Å². The number of hydrogen-bond acceptors (Lipinski definition) is 5. The number of aliphatic imine (C=N–C) groups is 1.